The minimum atomic E-state index is -0.124. The van der Waals surface area contributed by atoms with Crippen LogP contribution in [0.25, 0.3) is 10.2 Å². The molecule has 3 fully saturated rings. The molecule has 1 aliphatic carbocycles. The van der Waals surface area contributed by atoms with E-state index in [1.54, 1.807) is 0 Å². The lowest BCUT2D eigenvalue weighted by molar-refractivity contribution is 0.0938. The third-order valence-corrected chi connectivity index (χ3v) is 10.7. The summed E-state index contributed by atoms with van der Waals surface area (Å²) in [5.41, 5.74) is 12.4. The molecule has 1 aromatic carbocycles. The first-order chi connectivity index (χ1) is 18.0. The quantitative estimate of drug-likeness (QED) is 0.527. The molecule has 6 nitrogen and oxygen atoms in total. The Morgan fingerprint density at radius 3 is 2.89 bits per heavy atom. The number of pyridine rings is 1. The van der Waals surface area contributed by atoms with Crippen molar-refractivity contribution >= 4 is 33.1 Å². The zero-order valence-electron chi connectivity index (χ0n) is 21.3. The fourth-order valence-electron chi connectivity index (χ4n) is 7.70. The number of fused-ring (bicyclic) bond motifs is 3. The lowest BCUT2D eigenvalue weighted by Crippen LogP contribution is -2.40. The Labute approximate surface area is 221 Å². The van der Waals surface area contributed by atoms with Crippen LogP contribution >= 0.6 is 11.3 Å². The zero-order valence-corrected chi connectivity index (χ0v) is 22.1. The van der Waals surface area contributed by atoms with Gasteiger partial charge in [0.15, 0.2) is 0 Å². The molecule has 0 saturated carbocycles. The molecule has 7 heteroatoms. The van der Waals surface area contributed by atoms with Crippen LogP contribution < -0.4 is 11.1 Å². The van der Waals surface area contributed by atoms with Crippen LogP contribution in [0.2, 0.25) is 0 Å². The van der Waals surface area contributed by atoms with E-state index >= 15 is 0 Å². The molecular formula is C30H33N5OS. The molecule has 2 aromatic heterocycles. The minimum absolute atomic E-state index is 0.0371. The van der Waals surface area contributed by atoms with E-state index in [0.29, 0.717) is 16.5 Å². The molecule has 2 bridgehead atoms. The number of rotatable bonds is 4. The van der Waals surface area contributed by atoms with Gasteiger partial charge < -0.3 is 11.1 Å². The smallest absolute Gasteiger partial charge is 0.263 e. The van der Waals surface area contributed by atoms with Gasteiger partial charge >= 0.3 is 0 Å². The van der Waals surface area contributed by atoms with Gasteiger partial charge in [0.1, 0.15) is 9.71 Å². The van der Waals surface area contributed by atoms with Gasteiger partial charge in [0.25, 0.3) is 5.91 Å². The highest BCUT2D eigenvalue weighted by atomic mass is 32.1. The maximum Gasteiger partial charge on any atom is 0.263 e. The normalized spacial score (nSPS) is 28.3. The van der Waals surface area contributed by atoms with Crippen molar-refractivity contribution in [3.8, 4) is 6.07 Å². The van der Waals surface area contributed by atoms with Gasteiger partial charge in [-0.05, 0) is 105 Å². The molecule has 5 heterocycles. The Bertz CT molecular complexity index is 1450. The van der Waals surface area contributed by atoms with Gasteiger partial charge in [-0.25, -0.2) is 4.98 Å². The summed E-state index contributed by atoms with van der Waals surface area (Å²) >= 11 is 1.36. The van der Waals surface area contributed by atoms with Gasteiger partial charge in [0, 0.05) is 35.8 Å². The van der Waals surface area contributed by atoms with Gasteiger partial charge in [-0.1, -0.05) is 6.07 Å². The number of carbonyl (C=O) groups excluding carboxylic acids is 1. The van der Waals surface area contributed by atoms with Crippen LogP contribution in [0.15, 0.2) is 24.3 Å². The standard InChI is InChI=1S/C30H33N5OS/c1-16-2-7-26-27(32)28(37-30(26)33-16)29(36)34-23-4-3-17-8-18(21(14-31)10-19(17)11-23)9-20-12-24-5-6-25-13-22(20)15-35(24)25/h2,7-8,10,20,22-25H,3-6,9,11-13,15,32H2,1H3,(H,34,36)/t20?,22?,23-,24?,25?/m1/s1. The van der Waals surface area contributed by atoms with E-state index in [-0.39, 0.29) is 11.9 Å². The van der Waals surface area contributed by atoms with Crippen LogP contribution in [0, 0.1) is 30.1 Å². The van der Waals surface area contributed by atoms with Crippen molar-refractivity contribution in [1.82, 2.24) is 15.2 Å². The summed E-state index contributed by atoms with van der Waals surface area (Å²) in [5, 5.41) is 14.1. The number of carbonyl (C=O) groups is 1. The summed E-state index contributed by atoms with van der Waals surface area (Å²) in [6.07, 6.45) is 9.02. The van der Waals surface area contributed by atoms with Crippen molar-refractivity contribution in [1.29, 1.82) is 5.26 Å². The fraction of sp³-hybridized carbons (Fsp3) is 0.500. The van der Waals surface area contributed by atoms with Gasteiger partial charge in [-0.2, -0.15) is 5.26 Å². The first-order valence-corrected chi connectivity index (χ1v) is 14.6. The Balaban J connectivity index is 1.07. The minimum Gasteiger partial charge on any atom is -0.397 e. The molecule has 4 aliphatic rings. The van der Waals surface area contributed by atoms with Crippen LogP contribution in [-0.2, 0) is 19.3 Å². The number of nitrogens with one attached hydrogen (secondary N) is 1. The van der Waals surface area contributed by atoms with E-state index in [2.05, 4.69) is 33.4 Å². The van der Waals surface area contributed by atoms with Crippen LogP contribution in [0.5, 0.6) is 0 Å². The molecule has 3 aliphatic heterocycles. The summed E-state index contributed by atoms with van der Waals surface area (Å²) < 4.78 is 0. The maximum atomic E-state index is 13.2. The number of aryl methyl sites for hydroxylation is 2. The number of hydrogen-bond donors (Lipinski definition) is 2. The number of amides is 1. The first-order valence-electron chi connectivity index (χ1n) is 13.7. The number of aromatic nitrogens is 1. The number of nitrogen functional groups attached to an aromatic ring is 1. The number of anilines is 1. The maximum absolute atomic E-state index is 13.2. The Morgan fingerprint density at radius 1 is 1.22 bits per heavy atom. The van der Waals surface area contributed by atoms with Crippen molar-refractivity contribution in [3.63, 3.8) is 0 Å². The first kappa shape index (κ1) is 23.2. The number of thiophene rings is 1. The third-order valence-electron chi connectivity index (χ3n) is 9.56. The average Bonchev–Trinajstić information content (AvgIpc) is 3.54. The van der Waals surface area contributed by atoms with Crippen molar-refractivity contribution in [3.05, 3.63) is 57.1 Å². The summed E-state index contributed by atoms with van der Waals surface area (Å²) in [6, 6.07) is 12.4. The van der Waals surface area contributed by atoms with Crippen molar-refractivity contribution in [2.75, 3.05) is 12.3 Å². The van der Waals surface area contributed by atoms with Gasteiger partial charge in [0.2, 0.25) is 0 Å². The molecule has 37 heavy (non-hydrogen) atoms. The highest BCUT2D eigenvalue weighted by molar-refractivity contribution is 7.21. The number of piperidine rings is 1. The number of nitrogens with zero attached hydrogens (tertiary/aromatic N) is 3. The van der Waals surface area contributed by atoms with Gasteiger partial charge in [-0.3, -0.25) is 9.69 Å². The number of hydrogen-bond acceptors (Lipinski definition) is 6. The lowest BCUT2D eigenvalue weighted by Gasteiger charge is -2.36. The Hall–Kier alpha value is -2.95. The Kier molecular flexibility index (Phi) is 5.53. The average molecular weight is 512 g/mol. The number of nitrogens with two attached hydrogens (primary N) is 1. The summed E-state index contributed by atoms with van der Waals surface area (Å²) in [5.74, 6) is 1.38. The summed E-state index contributed by atoms with van der Waals surface area (Å²) in [6.45, 7) is 3.21. The monoisotopic (exact) mass is 511 g/mol. The second kappa shape index (κ2) is 8.82. The summed E-state index contributed by atoms with van der Waals surface area (Å²) in [4.78, 5) is 21.8. The van der Waals surface area contributed by atoms with E-state index in [1.807, 2.05) is 19.1 Å². The molecule has 1 amide bonds. The highest BCUT2D eigenvalue weighted by Gasteiger charge is 2.48. The topological polar surface area (TPSA) is 95.0 Å². The molecule has 7 rings (SSSR count). The van der Waals surface area contributed by atoms with E-state index in [0.717, 1.165) is 65.2 Å². The van der Waals surface area contributed by atoms with Crippen molar-refractivity contribution < 1.29 is 4.79 Å². The molecule has 5 atom stereocenters. The number of nitriles is 1. The fourth-order valence-corrected chi connectivity index (χ4v) is 8.74. The predicted molar refractivity (Wildman–Crippen MR) is 147 cm³/mol. The largest absolute Gasteiger partial charge is 0.397 e. The molecule has 0 spiro atoms. The molecule has 0 radical (unpaired) electrons. The zero-order chi connectivity index (χ0) is 25.3. The SMILES string of the molecule is Cc1ccc2c(N)c(C(=O)N[C@@H]3CCc4cc(CC5CC6CCC7CC5CN67)c(C#N)cc4C3)sc2n1. The predicted octanol–water partition coefficient (Wildman–Crippen LogP) is 4.76. The molecular weight excluding hydrogens is 478 g/mol. The highest BCUT2D eigenvalue weighted by Crippen LogP contribution is 2.47. The van der Waals surface area contributed by atoms with E-state index in [9.17, 15) is 10.1 Å². The second-order valence-electron chi connectivity index (χ2n) is 11.7. The number of benzene rings is 1. The molecule has 3 saturated heterocycles. The van der Waals surface area contributed by atoms with Crippen LogP contribution in [0.4, 0.5) is 5.69 Å². The molecule has 4 unspecified atom stereocenters. The van der Waals surface area contributed by atoms with E-state index < -0.39 is 0 Å². The van der Waals surface area contributed by atoms with E-state index in [4.69, 9.17) is 5.73 Å². The molecule has 3 N–H and O–H groups in total. The summed E-state index contributed by atoms with van der Waals surface area (Å²) in [7, 11) is 0. The van der Waals surface area contributed by atoms with Crippen molar-refractivity contribution in [2.45, 2.75) is 76.4 Å². The molecule has 190 valence electrons. The van der Waals surface area contributed by atoms with Crippen molar-refractivity contribution in [2.24, 2.45) is 11.8 Å². The van der Waals surface area contributed by atoms with Crippen LogP contribution in [0.3, 0.4) is 0 Å². The lowest BCUT2D eigenvalue weighted by atomic mass is 9.76. The second-order valence-corrected chi connectivity index (χ2v) is 12.7. The van der Waals surface area contributed by atoms with E-state index in [1.165, 1.54) is 60.3 Å². The Morgan fingerprint density at radius 2 is 2.05 bits per heavy atom. The van der Waals surface area contributed by atoms with Crippen LogP contribution in [-0.4, -0.2) is 40.5 Å². The molecule has 3 aromatic rings. The van der Waals surface area contributed by atoms with Crippen LogP contribution in [0.1, 0.15) is 69.7 Å². The van der Waals surface area contributed by atoms with Gasteiger partial charge in [0.05, 0.1) is 17.3 Å². The van der Waals surface area contributed by atoms with Gasteiger partial charge in [-0.15, -0.1) is 11.3 Å². The third kappa shape index (κ3) is 3.93.